The maximum absolute atomic E-state index is 5.36. The van der Waals surface area contributed by atoms with Gasteiger partial charge in [-0.3, -0.25) is 0 Å². The number of rotatable bonds is 3. The molecule has 1 saturated heterocycles. The SMILES string of the molecule is Cc1c(-c2ccnc(N3CCCC3)n2)nnc2nc(-c3ccco3)nn12. The highest BCUT2D eigenvalue weighted by Crippen LogP contribution is 2.23. The Morgan fingerprint density at radius 2 is 1.96 bits per heavy atom. The highest BCUT2D eigenvalue weighted by molar-refractivity contribution is 5.59. The van der Waals surface area contributed by atoms with Crippen LogP contribution in [0.1, 0.15) is 18.5 Å². The number of furan rings is 1. The van der Waals surface area contributed by atoms with Crippen molar-refractivity contribution in [3.8, 4) is 23.0 Å². The summed E-state index contributed by atoms with van der Waals surface area (Å²) in [7, 11) is 0. The van der Waals surface area contributed by atoms with Crippen LogP contribution in [-0.2, 0) is 0 Å². The van der Waals surface area contributed by atoms with Gasteiger partial charge in [-0.2, -0.15) is 9.50 Å². The smallest absolute Gasteiger partial charge is 0.272 e. The molecule has 1 fully saturated rings. The molecule has 0 aliphatic carbocycles. The van der Waals surface area contributed by atoms with Gasteiger partial charge in [-0.15, -0.1) is 15.3 Å². The Kier molecular flexibility index (Phi) is 3.37. The number of anilines is 1. The Labute approximate surface area is 148 Å². The first kappa shape index (κ1) is 14.9. The van der Waals surface area contributed by atoms with E-state index >= 15 is 0 Å². The van der Waals surface area contributed by atoms with E-state index in [1.54, 1.807) is 23.0 Å². The summed E-state index contributed by atoms with van der Waals surface area (Å²) in [5, 5.41) is 13.0. The summed E-state index contributed by atoms with van der Waals surface area (Å²) in [5.41, 5.74) is 2.20. The fourth-order valence-corrected chi connectivity index (χ4v) is 3.16. The molecule has 4 aromatic heterocycles. The molecule has 0 amide bonds. The highest BCUT2D eigenvalue weighted by Gasteiger charge is 2.19. The Morgan fingerprint density at radius 3 is 2.77 bits per heavy atom. The minimum atomic E-state index is 0.423. The van der Waals surface area contributed by atoms with Crippen molar-refractivity contribution in [2.24, 2.45) is 0 Å². The van der Waals surface area contributed by atoms with Crippen molar-refractivity contribution in [2.75, 3.05) is 18.0 Å². The van der Waals surface area contributed by atoms with Gasteiger partial charge in [-0.25, -0.2) is 9.97 Å². The van der Waals surface area contributed by atoms with E-state index in [4.69, 9.17) is 4.42 Å². The maximum Gasteiger partial charge on any atom is 0.272 e. The summed E-state index contributed by atoms with van der Waals surface area (Å²) < 4.78 is 7.03. The summed E-state index contributed by atoms with van der Waals surface area (Å²) in [4.78, 5) is 15.6. The van der Waals surface area contributed by atoms with Crippen molar-refractivity contribution in [1.82, 2.24) is 34.8 Å². The van der Waals surface area contributed by atoms with Gasteiger partial charge >= 0.3 is 0 Å². The second-order valence-corrected chi connectivity index (χ2v) is 6.19. The second-order valence-electron chi connectivity index (χ2n) is 6.19. The predicted molar refractivity (Wildman–Crippen MR) is 93.5 cm³/mol. The molecule has 0 bridgehead atoms. The zero-order valence-electron chi connectivity index (χ0n) is 14.2. The fraction of sp³-hybridized carbons (Fsp3) is 0.294. The van der Waals surface area contributed by atoms with E-state index in [2.05, 4.69) is 35.1 Å². The molecular formula is C17H16N8O. The van der Waals surface area contributed by atoms with Gasteiger partial charge < -0.3 is 9.32 Å². The first-order valence-corrected chi connectivity index (χ1v) is 8.52. The average molecular weight is 348 g/mol. The van der Waals surface area contributed by atoms with Crippen LogP contribution < -0.4 is 4.90 Å². The third-order valence-corrected chi connectivity index (χ3v) is 4.51. The summed E-state index contributed by atoms with van der Waals surface area (Å²) in [6.45, 7) is 3.90. The van der Waals surface area contributed by atoms with Crippen molar-refractivity contribution in [2.45, 2.75) is 19.8 Å². The first-order valence-electron chi connectivity index (χ1n) is 8.52. The van der Waals surface area contributed by atoms with E-state index in [1.807, 2.05) is 19.1 Å². The lowest BCUT2D eigenvalue weighted by atomic mass is 10.2. The van der Waals surface area contributed by atoms with Gasteiger partial charge in [0.25, 0.3) is 5.78 Å². The number of aryl methyl sites for hydroxylation is 1. The van der Waals surface area contributed by atoms with E-state index < -0.39 is 0 Å². The molecule has 0 aromatic carbocycles. The van der Waals surface area contributed by atoms with Crippen molar-refractivity contribution in [3.63, 3.8) is 0 Å². The van der Waals surface area contributed by atoms with Crippen molar-refractivity contribution in [3.05, 3.63) is 36.4 Å². The Bertz CT molecular complexity index is 1070. The third-order valence-electron chi connectivity index (χ3n) is 4.51. The fourth-order valence-electron chi connectivity index (χ4n) is 3.16. The van der Waals surface area contributed by atoms with E-state index in [0.717, 1.165) is 30.4 Å². The van der Waals surface area contributed by atoms with Gasteiger partial charge in [0, 0.05) is 19.3 Å². The van der Waals surface area contributed by atoms with Gasteiger partial charge in [-0.05, 0) is 38.0 Å². The van der Waals surface area contributed by atoms with Crippen LogP contribution in [0.2, 0.25) is 0 Å². The average Bonchev–Trinajstić information content (AvgIpc) is 3.42. The Morgan fingerprint density at radius 1 is 1.08 bits per heavy atom. The quantitative estimate of drug-likeness (QED) is 0.555. The van der Waals surface area contributed by atoms with E-state index in [0.29, 0.717) is 23.1 Å². The molecule has 0 N–H and O–H groups in total. The summed E-state index contributed by atoms with van der Waals surface area (Å²) in [5.74, 6) is 2.22. The third kappa shape index (κ3) is 2.40. The predicted octanol–water partition coefficient (Wildman–Crippen LogP) is 2.14. The zero-order valence-corrected chi connectivity index (χ0v) is 14.2. The maximum atomic E-state index is 5.36. The number of aromatic nitrogens is 7. The molecule has 4 aromatic rings. The van der Waals surface area contributed by atoms with Gasteiger partial charge in [0.15, 0.2) is 5.76 Å². The van der Waals surface area contributed by atoms with Gasteiger partial charge in [0.2, 0.25) is 11.8 Å². The molecule has 0 unspecified atom stereocenters. The van der Waals surface area contributed by atoms with Gasteiger partial charge in [0.05, 0.1) is 17.7 Å². The molecule has 0 spiro atoms. The lowest BCUT2D eigenvalue weighted by Crippen LogP contribution is -2.20. The minimum Gasteiger partial charge on any atom is -0.461 e. The number of hydrogen-bond donors (Lipinski definition) is 0. The second kappa shape index (κ2) is 5.87. The molecule has 9 nitrogen and oxygen atoms in total. The van der Waals surface area contributed by atoms with Crippen LogP contribution in [-0.4, -0.2) is 47.9 Å². The summed E-state index contributed by atoms with van der Waals surface area (Å²) in [6, 6.07) is 5.45. The van der Waals surface area contributed by atoms with Crippen LogP contribution in [0.15, 0.2) is 35.1 Å². The normalized spacial score (nSPS) is 14.4. The lowest BCUT2D eigenvalue weighted by Gasteiger charge is -2.15. The first-order chi connectivity index (χ1) is 12.8. The summed E-state index contributed by atoms with van der Waals surface area (Å²) in [6.07, 6.45) is 5.70. The molecular weight excluding hydrogens is 332 g/mol. The minimum absolute atomic E-state index is 0.423. The molecule has 130 valence electrons. The summed E-state index contributed by atoms with van der Waals surface area (Å²) >= 11 is 0. The molecule has 0 saturated carbocycles. The molecule has 26 heavy (non-hydrogen) atoms. The van der Waals surface area contributed by atoms with Gasteiger partial charge in [0.1, 0.15) is 5.69 Å². The zero-order chi connectivity index (χ0) is 17.5. The largest absolute Gasteiger partial charge is 0.461 e. The molecule has 0 atom stereocenters. The van der Waals surface area contributed by atoms with Crippen molar-refractivity contribution in [1.29, 1.82) is 0 Å². The molecule has 5 heterocycles. The molecule has 5 rings (SSSR count). The topological polar surface area (TPSA) is 98.1 Å². The Balaban J connectivity index is 1.59. The van der Waals surface area contributed by atoms with Crippen LogP contribution in [0.3, 0.4) is 0 Å². The van der Waals surface area contributed by atoms with Crippen molar-refractivity contribution < 1.29 is 4.42 Å². The monoisotopic (exact) mass is 348 g/mol. The van der Waals surface area contributed by atoms with Crippen LogP contribution in [0.4, 0.5) is 5.95 Å². The van der Waals surface area contributed by atoms with E-state index in [1.165, 1.54) is 12.8 Å². The van der Waals surface area contributed by atoms with Crippen LogP contribution in [0, 0.1) is 6.92 Å². The number of hydrogen-bond acceptors (Lipinski definition) is 8. The van der Waals surface area contributed by atoms with E-state index in [9.17, 15) is 0 Å². The van der Waals surface area contributed by atoms with Crippen molar-refractivity contribution >= 4 is 11.7 Å². The molecule has 9 heteroatoms. The Hall–Kier alpha value is -3.36. The van der Waals surface area contributed by atoms with Crippen LogP contribution >= 0.6 is 0 Å². The van der Waals surface area contributed by atoms with E-state index in [-0.39, 0.29) is 0 Å². The standard InChI is InChI=1S/C17H16N8O/c1-11-14(12-6-7-18-16(19-12)24-8-2-3-9-24)21-22-17-20-15(23-25(11)17)13-5-4-10-26-13/h4-7,10H,2-3,8-9H2,1H3. The highest BCUT2D eigenvalue weighted by atomic mass is 16.3. The molecule has 0 radical (unpaired) electrons. The molecule has 1 aliphatic heterocycles. The van der Waals surface area contributed by atoms with Gasteiger partial charge in [-0.1, -0.05) is 0 Å². The number of fused-ring (bicyclic) bond motifs is 1. The lowest BCUT2D eigenvalue weighted by molar-refractivity contribution is 0.577. The molecule has 1 aliphatic rings. The van der Waals surface area contributed by atoms with Crippen LogP contribution in [0.5, 0.6) is 0 Å². The number of nitrogens with zero attached hydrogens (tertiary/aromatic N) is 8. The van der Waals surface area contributed by atoms with Crippen LogP contribution in [0.25, 0.3) is 28.8 Å².